The van der Waals surface area contributed by atoms with Crippen LogP contribution in [0.3, 0.4) is 0 Å². The first kappa shape index (κ1) is 12.2. The number of methoxy groups -OCH3 is 1. The van der Waals surface area contributed by atoms with Crippen LogP contribution in [0.25, 0.3) is 0 Å². The third kappa shape index (κ3) is 2.72. The number of hydrogen-bond acceptors (Lipinski definition) is 3. The number of aromatic hydroxyl groups is 1. The van der Waals surface area contributed by atoms with Crippen LogP contribution in [0.15, 0.2) is 18.2 Å². The quantitative estimate of drug-likeness (QED) is 0.871. The second kappa shape index (κ2) is 5.41. The Morgan fingerprint density at radius 2 is 2.29 bits per heavy atom. The summed E-state index contributed by atoms with van der Waals surface area (Å²) in [7, 11) is 1.61. The number of phenols is 1. The standard InChI is InChI=1S/C14H21NO2/c1-3-12-5-4-8-15(12)10-11-6-7-13(17-2)9-14(11)16/h6-7,9,12,16H,3-5,8,10H2,1-2H3. The van der Waals surface area contributed by atoms with Crippen molar-refractivity contribution in [3.8, 4) is 11.5 Å². The lowest BCUT2D eigenvalue weighted by Gasteiger charge is -2.23. The maximum absolute atomic E-state index is 9.94. The second-order valence-corrected chi connectivity index (χ2v) is 4.67. The largest absolute Gasteiger partial charge is 0.507 e. The number of ether oxygens (including phenoxy) is 1. The van der Waals surface area contributed by atoms with Crippen molar-refractivity contribution in [2.45, 2.75) is 38.8 Å². The van der Waals surface area contributed by atoms with E-state index in [-0.39, 0.29) is 0 Å². The molecule has 1 aliphatic rings. The Bertz CT molecular complexity index is 378. The van der Waals surface area contributed by atoms with E-state index >= 15 is 0 Å². The Morgan fingerprint density at radius 3 is 2.94 bits per heavy atom. The van der Waals surface area contributed by atoms with Crippen molar-refractivity contribution < 1.29 is 9.84 Å². The summed E-state index contributed by atoms with van der Waals surface area (Å²) in [6, 6.07) is 6.23. The summed E-state index contributed by atoms with van der Waals surface area (Å²) >= 11 is 0. The topological polar surface area (TPSA) is 32.7 Å². The summed E-state index contributed by atoms with van der Waals surface area (Å²) in [4.78, 5) is 2.46. The number of likely N-dealkylation sites (tertiary alicyclic amines) is 1. The molecular formula is C14H21NO2. The molecule has 2 rings (SSSR count). The molecule has 1 aromatic carbocycles. The maximum Gasteiger partial charge on any atom is 0.123 e. The molecule has 0 aromatic heterocycles. The van der Waals surface area contributed by atoms with Gasteiger partial charge in [0.1, 0.15) is 11.5 Å². The van der Waals surface area contributed by atoms with E-state index in [1.807, 2.05) is 12.1 Å². The summed E-state index contributed by atoms with van der Waals surface area (Å²) in [5.74, 6) is 1.05. The van der Waals surface area contributed by atoms with E-state index in [0.717, 1.165) is 18.7 Å². The van der Waals surface area contributed by atoms with Gasteiger partial charge in [-0.05, 0) is 31.9 Å². The van der Waals surface area contributed by atoms with E-state index in [9.17, 15) is 5.11 Å². The molecule has 1 aliphatic heterocycles. The van der Waals surface area contributed by atoms with Gasteiger partial charge in [0.2, 0.25) is 0 Å². The van der Waals surface area contributed by atoms with Crippen molar-refractivity contribution in [3.63, 3.8) is 0 Å². The zero-order valence-electron chi connectivity index (χ0n) is 10.6. The third-order valence-corrected chi connectivity index (χ3v) is 3.64. The van der Waals surface area contributed by atoms with Gasteiger partial charge in [0.25, 0.3) is 0 Å². The highest BCUT2D eigenvalue weighted by molar-refractivity contribution is 5.39. The molecule has 1 saturated heterocycles. The molecule has 1 aromatic rings. The molecule has 0 spiro atoms. The number of phenolic OH excluding ortho intramolecular Hbond substituents is 1. The average Bonchev–Trinajstić information content (AvgIpc) is 2.79. The smallest absolute Gasteiger partial charge is 0.123 e. The summed E-state index contributed by atoms with van der Waals surface area (Å²) in [5, 5.41) is 9.94. The minimum Gasteiger partial charge on any atom is -0.507 e. The lowest BCUT2D eigenvalue weighted by atomic mass is 10.1. The zero-order valence-corrected chi connectivity index (χ0v) is 10.6. The van der Waals surface area contributed by atoms with Gasteiger partial charge in [0.15, 0.2) is 0 Å². The Hall–Kier alpha value is -1.22. The number of nitrogens with zero attached hydrogens (tertiary/aromatic N) is 1. The highest BCUT2D eigenvalue weighted by Crippen LogP contribution is 2.28. The van der Waals surface area contributed by atoms with Gasteiger partial charge in [-0.1, -0.05) is 13.0 Å². The van der Waals surface area contributed by atoms with Gasteiger partial charge in [-0.25, -0.2) is 0 Å². The first-order valence-corrected chi connectivity index (χ1v) is 6.34. The van der Waals surface area contributed by atoms with E-state index in [1.165, 1.54) is 19.3 Å². The van der Waals surface area contributed by atoms with Gasteiger partial charge < -0.3 is 9.84 Å². The molecule has 1 unspecified atom stereocenters. The number of rotatable bonds is 4. The number of hydrogen-bond donors (Lipinski definition) is 1. The van der Waals surface area contributed by atoms with Crippen LogP contribution >= 0.6 is 0 Å². The van der Waals surface area contributed by atoms with Crippen LogP contribution in [0.2, 0.25) is 0 Å². The van der Waals surface area contributed by atoms with E-state index in [1.54, 1.807) is 13.2 Å². The van der Waals surface area contributed by atoms with E-state index in [4.69, 9.17) is 4.74 Å². The van der Waals surface area contributed by atoms with Gasteiger partial charge in [-0.2, -0.15) is 0 Å². The van der Waals surface area contributed by atoms with Crippen LogP contribution in [-0.4, -0.2) is 29.7 Å². The Balaban J connectivity index is 2.08. The summed E-state index contributed by atoms with van der Waals surface area (Å²) in [5.41, 5.74) is 0.992. The summed E-state index contributed by atoms with van der Waals surface area (Å²) in [6.45, 7) is 4.22. The van der Waals surface area contributed by atoms with Crippen LogP contribution in [0.4, 0.5) is 0 Å². The second-order valence-electron chi connectivity index (χ2n) is 4.67. The van der Waals surface area contributed by atoms with Crippen LogP contribution in [-0.2, 0) is 6.54 Å². The minimum atomic E-state index is 0.339. The predicted octanol–water partition coefficient (Wildman–Crippen LogP) is 2.78. The Kier molecular flexibility index (Phi) is 3.89. The van der Waals surface area contributed by atoms with Crippen LogP contribution < -0.4 is 4.74 Å². The SMILES string of the molecule is CCC1CCCN1Cc1ccc(OC)cc1O. The Morgan fingerprint density at radius 1 is 1.47 bits per heavy atom. The van der Waals surface area contributed by atoms with Gasteiger partial charge in [-0.15, -0.1) is 0 Å². The molecule has 0 saturated carbocycles. The molecule has 0 bridgehead atoms. The molecule has 1 atom stereocenters. The monoisotopic (exact) mass is 235 g/mol. The molecule has 0 radical (unpaired) electrons. The first-order valence-electron chi connectivity index (χ1n) is 6.34. The van der Waals surface area contributed by atoms with Crippen molar-refractivity contribution in [2.75, 3.05) is 13.7 Å². The third-order valence-electron chi connectivity index (χ3n) is 3.64. The molecule has 1 fully saturated rings. The first-order chi connectivity index (χ1) is 8.24. The molecule has 3 nitrogen and oxygen atoms in total. The zero-order chi connectivity index (χ0) is 12.3. The summed E-state index contributed by atoms with van der Waals surface area (Å²) in [6.07, 6.45) is 3.75. The van der Waals surface area contributed by atoms with Gasteiger partial charge in [-0.3, -0.25) is 4.90 Å². The molecule has 1 N–H and O–H groups in total. The van der Waals surface area contributed by atoms with Crippen LogP contribution in [0.5, 0.6) is 11.5 Å². The molecule has 17 heavy (non-hydrogen) atoms. The number of benzene rings is 1. The fourth-order valence-electron chi connectivity index (χ4n) is 2.59. The van der Waals surface area contributed by atoms with Gasteiger partial charge in [0.05, 0.1) is 7.11 Å². The molecule has 3 heteroatoms. The van der Waals surface area contributed by atoms with Crippen LogP contribution in [0.1, 0.15) is 31.7 Å². The van der Waals surface area contributed by atoms with E-state index < -0.39 is 0 Å². The molecule has 94 valence electrons. The normalized spacial score (nSPS) is 20.7. The fraction of sp³-hybridized carbons (Fsp3) is 0.571. The molecule has 1 heterocycles. The fourth-order valence-corrected chi connectivity index (χ4v) is 2.59. The van der Waals surface area contributed by atoms with Crippen molar-refractivity contribution >= 4 is 0 Å². The van der Waals surface area contributed by atoms with Crippen molar-refractivity contribution in [1.82, 2.24) is 4.90 Å². The summed E-state index contributed by atoms with van der Waals surface area (Å²) < 4.78 is 5.09. The van der Waals surface area contributed by atoms with Gasteiger partial charge in [0, 0.05) is 24.2 Å². The highest BCUT2D eigenvalue weighted by Gasteiger charge is 2.23. The lowest BCUT2D eigenvalue weighted by Crippen LogP contribution is -2.28. The van der Waals surface area contributed by atoms with Crippen LogP contribution in [0, 0.1) is 0 Å². The van der Waals surface area contributed by atoms with E-state index in [0.29, 0.717) is 17.5 Å². The van der Waals surface area contributed by atoms with E-state index in [2.05, 4.69) is 11.8 Å². The molecule has 0 amide bonds. The van der Waals surface area contributed by atoms with Crippen molar-refractivity contribution in [2.24, 2.45) is 0 Å². The highest BCUT2D eigenvalue weighted by atomic mass is 16.5. The maximum atomic E-state index is 9.94. The molecule has 0 aliphatic carbocycles. The van der Waals surface area contributed by atoms with Crippen molar-refractivity contribution in [1.29, 1.82) is 0 Å². The Labute approximate surface area is 103 Å². The molecular weight excluding hydrogens is 214 g/mol. The average molecular weight is 235 g/mol. The lowest BCUT2D eigenvalue weighted by molar-refractivity contribution is 0.237. The predicted molar refractivity (Wildman–Crippen MR) is 68.4 cm³/mol. The van der Waals surface area contributed by atoms with Crippen molar-refractivity contribution in [3.05, 3.63) is 23.8 Å². The van der Waals surface area contributed by atoms with Gasteiger partial charge >= 0.3 is 0 Å². The minimum absolute atomic E-state index is 0.339.